The Hall–Kier alpha value is -0.120. The summed E-state index contributed by atoms with van der Waals surface area (Å²) in [5.74, 6) is 0.225. The molecule has 1 aliphatic carbocycles. The van der Waals surface area contributed by atoms with Gasteiger partial charge >= 0.3 is 0 Å². The number of hydrogen-bond donors (Lipinski definition) is 0. The second-order valence-electron chi connectivity index (χ2n) is 6.49. The van der Waals surface area contributed by atoms with Crippen molar-refractivity contribution in [2.75, 3.05) is 6.61 Å². The topological polar surface area (TPSA) is 31.0 Å². The number of ether oxygens (including phenoxy) is 3. The van der Waals surface area contributed by atoms with Crippen molar-refractivity contribution in [3.63, 3.8) is 0 Å². The van der Waals surface area contributed by atoms with Crippen molar-refractivity contribution in [1.82, 2.24) is 0 Å². The van der Waals surface area contributed by atoms with E-state index < -0.39 is 5.79 Å². The van der Waals surface area contributed by atoms with Gasteiger partial charge in [-0.2, -0.15) is 0 Å². The summed E-state index contributed by atoms with van der Waals surface area (Å²) in [4.78, 5) is 0. The first kappa shape index (κ1) is 11.0. The van der Waals surface area contributed by atoms with Crippen LogP contribution in [0.5, 0.6) is 0 Å². The average Bonchev–Trinajstić information content (AvgIpc) is 2.81. The highest BCUT2D eigenvalue weighted by Gasteiger charge is 2.57. The Bertz CT molecular complexity index is 308. The molecule has 3 heteroatoms. The minimum Gasteiger partial charge on any atom is -0.370 e. The van der Waals surface area contributed by atoms with Gasteiger partial charge in [0.1, 0.15) is 0 Å². The van der Waals surface area contributed by atoms with Crippen molar-refractivity contribution in [3.8, 4) is 0 Å². The van der Waals surface area contributed by atoms with E-state index in [1.807, 2.05) is 13.8 Å². The van der Waals surface area contributed by atoms with Gasteiger partial charge < -0.3 is 14.2 Å². The van der Waals surface area contributed by atoms with Crippen LogP contribution in [0.3, 0.4) is 0 Å². The Kier molecular flexibility index (Phi) is 2.07. The van der Waals surface area contributed by atoms with Crippen LogP contribution in [0, 0.1) is 5.92 Å². The van der Waals surface area contributed by atoms with Gasteiger partial charge in [0, 0.05) is 0 Å². The third-order valence-corrected chi connectivity index (χ3v) is 4.54. The van der Waals surface area contributed by atoms with Crippen LogP contribution in [-0.2, 0) is 14.2 Å². The second-order valence-corrected chi connectivity index (χ2v) is 6.49. The zero-order valence-electron chi connectivity index (χ0n) is 10.7. The minimum absolute atomic E-state index is 0.0781. The maximum Gasteiger partial charge on any atom is 0.164 e. The molecule has 16 heavy (non-hydrogen) atoms. The van der Waals surface area contributed by atoms with Crippen LogP contribution >= 0.6 is 0 Å². The van der Waals surface area contributed by atoms with Gasteiger partial charge in [0.2, 0.25) is 0 Å². The van der Waals surface area contributed by atoms with Crippen LogP contribution in [0.2, 0.25) is 0 Å². The van der Waals surface area contributed by atoms with E-state index in [0.29, 0.717) is 5.92 Å². The highest BCUT2D eigenvalue weighted by atomic mass is 16.8. The molecule has 92 valence electrons. The van der Waals surface area contributed by atoms with Gasteiger partial charge in [0.15, 0.2) is 5.79 Å². The van der Waals surface area contributed by atoms with Gasteiger partial charge in [-0.15, -0.1) is 0 Å². The quantitative estimate of drug-likeness (QED) is 0.644. The molecule has 0 aromatic heterocycles. The van der Waals surface area contributed by atoms with Crippen molar-refractivity contribution >= 4 is 0 Å². The van der Waals surface area contributed by atoms with Gasteiger partial charge in [-0.1, -0.05) is 0 Å². The third-order valence-electron chi connectivity index (χ3n) is 4.54. The van der Waals surface area contributed by atoms with Crippen molar-refractivity contribution in [2.24, 2.45) is 5.92 Å². The van der Waals surface area contributed by atoms with Gasteiger partial charge in [-0.25, -0.2) is 0 Å². The number of epoxide rings is 1. The van der Waals surface area contributed by atoms with Gasteiger partial charge in [0.05, 0.1) is 23.9 Å². The lowest BCUT2D eigenvalue weighted by Gasteiger charge is -2.38. The predicted octanol–water partition coefficient (Wildman–Crippen LogP) is 2.49. The molecule has 0 bridgehead atoms. The van der Waals surface area contributed by atoms with Crippen molar-refractivity contribution < 1.29 is 14.2 Å². The molecule has 2 heterocycles. The predicted molar refractivity (Wildman–Crippen MR) is 60.1 cm³/mol. The van der Waals surface area contributed by atoms with Gasteiger partial charge in [-0.05, 0) is 52.9 Å². The summed E-state index contributed by atoms with van der Waals surface area (Å²) < 4.78 is 17.7. The monoisotopic (exact) mass is 226 g/mol. The molecule has 1 saturated carbocycles. The molecule has 2 saturated heterocycles. The van der Waals surface area contributed by atoms with Crippen LogP contribution in [0.1, 0.15) is 47.0 Å². The second kappa shape index (κ2) is 3.01. The van der Waals surface area contributed by atoms with E-state index in [9.17, 15) is 0 Å². The summed E-state index contributed by atoms with van der Waals surface area (Å²) in [6, 6.07) is 0. The summed E-state index contributed by atoms with van der Waals surface area (Å²) in [5.41, 5.74) is 0.0582. The maximum atomic E-state index is 6.06. The smallest absolute Gasteiger partial charge is 0.164 e. The van der Waals surface area contributed by atoms with E-state index in [-0.39, 0.29) is 17.3 Å². The summed E-state index contributed by atoms with van der Waals surface area (Å²) in [5, 5.41) is 0. The first-order valence-electron chi connectivity index (χ1n) is 6.35. The Labute approximate surface area is 97.4 Å². The molecule has 3 nitrogen and oxygen atoms in total. The molecule has 0 radical (unpaired) electrons. The molecular weight excluding hydrogens is 204 g/mol. The first-order valence-corrected chi connectivity index (χ1v) is 6.35. The standard InChI is InChI=1S/C13H22O3/c1-11(2)15-10-7-9(13(4)8-14-13)5-6-12(10,3)16-11/h9-10H,5-8H2,1-4H3/t9-,10?,12?,13?/m0/s1. The highest BCUT2D eigenvalue weighted by Crippen LogP contribution is 2.51. The lowest BCUT2D eigenvalue weighted by atomic mass is 9.73. The SMILES string of the molecule is CC1(C)OC2C[C@@H](C3(C)CO3)CCC2(C)O1. The van der Waals surface area contributed by atoms with Crippen LogP contribution in [0.15, 0.2) is 0 Å². The van der Waals surface area contributed by atoms with Crippen LogP contribution in [0.25, 0.3) is 0 Å². The fraction of sp³-hybridized carbons (Fsp3) is 1.00. The van der Waals surface area contributed by atoms with Gasteiger partial charge in [0.25, 0.3) is 0 Å². The van der Waals surface area contributed by atoms with Crippen LogP contribution in [0.4, 0.5) is 0 Å². The van der Waals surface area contributed by atoms with Gasteiger partial charge in [-0.3, -0.25) is 0 Å². The summed E-state index contributed by atoms with van der Waals surface area (Å²) >= 11 is 0. The van der Waals surface area contributed by atoms with E-state index >= 15 is 0 Å². The molecule has 3 unspecified atom stereocenters. The largest absolute Gasteiger partial charge is 0.370 e. The molecule has 4 atom stereocenters. The number of hydrogen-bond acceptors (Lipinski definition) is 3. The lowest BCUT2D eigenvalue weighted by molar-refractivity contribution is -0.160. The highest BCUT2D eigenvalue weighted by molar-refractivity contribution is 5.04. The summed E-state index contributed by atoms with van der Waals surface area (Å²) in [6.07, 6.45) is 3.60. The fourth-order valence-corrected chi connectivity index (χ4v) is 3.37. The Balaban J connectivity index is 1.76. The minimum atomic E-state index is -0.417. The Morgan fingerprint density at radius 1 is 1.06 bits per heavy atom. The Morgan fingerprint density at radius 2 is 1.75 bits per heavy atom. The molecule has 0 aromatic carbocycles. The summed E-state index contributed by atoms with van der Waals surface area (Å²) in [6.45, 7) is 9.37. The average molecular weight is 226 g/mol. The maximum absolute atomic E-state index is 6.06. The van der Waals surface area contributed by atoms with E-state index in [2.05, 4.69) is 13.8 Å². The summed E-state index contributed by atoms with van der Waals surface area (Å²) in [7, 11) is 0. The molecular formula is C13H22O3. The fourth-order valence-electron chi connectivity index (χ4n) is 3.37. The molecule has 2 aliphatic heterocycles. The molecule has 0 N–H and O–H groups in total. The van der Waals surface area contributed by atoms with E-state index in [0.717, 1.165) is 19.4 Å². The Morgan fingerprint density at radius 3 is 2.38 bits per heavy atom. The molecule has 0 spiro atoms. The lowest BCUT2D eigenvalue weighted by Crippen LogP contribution is -2.45. The van der Waals surface area contributed by atoms with Crippen LogP contribution < -0.4 is 0 Å². The van der Waals surface area contributed by atoms with E-state index in [1.54, 1.807) is 0 Å². The zero-order valence-corrected chi connectivity index (χ0v) is 10.7. The van der Waals surface area contributed by atoms with Crippen LogP contribution in [-0.4, -0.2) is 29.7 Å². The number of rotatable bonds is 1. The normalized spacial score (nSPS) is 54.8. The molecule has 3 aliphatic rings. The van der Waals surface area contributed by atoms with Crippen molar-refractivity contribution in [3.05, 3.63) is 0 Å². The molecule has 0 aromatic rings. The first-order chi connectivity index (χ1) is 7.33. The number of fused-ring (bicyclic) bond motifs is 1. The van der Waals surface area contributed by atoms with Crippen molar-refractivity contribution in [1.29, 1.82) is 0 Å². The zero-order chi connectivity index (χ0) is 11.6. The van der Waals surface area contributed by atoms with E-state index in [4.69, 9.17) is 14.2 Å². The molecule has 0 amide bonds. The third kappa shape index (κ3) is 1.60. The van der Waals surface area contributed by atoms with E-state index in [1.165, 1.54) is 6.42 Å². The molecule has 3 rings (SSSR count). The van der Waals surface area contributed by atoms with Crippen molar-refractivity contribution in [2.45, 2.75) is 70.1 Å². The molecule has 3 fully saturated rings.